The summed E-state index contributed by atoms with van der Waals surface area (Å²) in [5, 5.41) is 2.32. The van der Waals surface area contributed by atoms with E-state index in [-0.39, 0.29) is 5.60 Å². The molecule has 20 heavy (non-hydrogen) atoms. The van der Waals surface area contributed by atoms with E-state index in [2.05, 4.69) is 16.3 Å². The summed E-state index contributed by atoms with van der Waals surface area (Å²) in [6, 6.07) is 2.40. The molecule has 1 aromatic rings. The maximum absolute atomic E-state index is 6.90. The molecule has 1 aliphatic carbocycles. The zero-order valence-electron chi connectivity index (χ0n) is 12.0. The van der Waals surface area contributed by atoms with Gasteiger partial charge in [-0.05, 0) is 61.7 Å². The van der Waals surface area contributed by atoms with E-state index in [1.807, 2.05) is 11.3 Å². The van der Waals surface area contributed by atoms with E-state index in [4.69, 9.17) is 4.74 Å². The Hall–Kier alpha value is -0.380. The Morgan fingerprint density at radius 2 is 2.00 bits per heavy atom. The number of piperidine rings is 3. The molecule has 3 saturated heterocycles. The Morgan fingerprint density at radius 3 is 2.80 bits per heavy atom. The van der Waals surface area contributed by atoms with Crippen molar-refractivity contribution in [2.45, 2.75) is 56.1 Å². The molecule has 3 atom stereocenters. The van der Waals surface area contributed by atoms with Crippen LogP contribution in [0, 0.1) is 5.92 Å². The smallest absolute Gasteiger partial charge is 0.110 e. The van der Waals surface area contributed by atoms with Crippen molar-refractivity contribution in [3.63, 3.8) is 0 Å². The van der Waals surface area contributed by atoms with Crippen LogP contribution in [0.5, 0.6) is 0 Å². The molecule has 5 aliphatic rings. The fourth-order valence-corrected chi connectivity index (χ4v) is 6.45. The summed E-state index contributed by atoms with van der Waals surface area (Å²) in [6.07, 6.45) is 8.59. The maximum Gasteiger partial charge on any atom is 0.110 e. The maximum atomic E-state index is 6.90. The Kier molecular flexibility index (Phi) is 2.63. The zero-order chi connectivity index (χ0) is 13.2. The predicted octanol–water partition coefficient (Wildman–Crippen LogP) is 3.73. The van der Waals surface area contributed by atoms with Crippen LogP contribution in [0.3, 0.4) is 0 Å². The summed E-state index contributed by atoms with van der Waals surface area (Å²) in [5.74, 6) is 1.48. The van der Waals surface area contributed by atoms with Gasteiger partial charge in [0.25, 0.3) is 0 Å². The van der Waals surface area contributed by atoms with Crippen molar-refractivity contribution < 1.29 is 4.74 Å². The van der Waals surface area contributed by atoms with E-state index in [0.717, 1.165) is 12.5 Å². The summed E-state index contributed by atoms with van der Waals surface area (Å²) in [5.41, 5.74) is 1.64. The van der Waals surface area contributed by atoms with Crippen molar-refractivity contribution in [1.29, 1.82) is 0 Å². The molecule has 4 aliphatic heterocycles. The molecule has 0 unspecified atom stereocenters. The van der Waals surface area contributed by atoms with Crippen molar-refractivity contribution in [3.05, 3.63) is 21.9 Å². The normalized spacial score (nSPS) is 46.2. The molecule has 0 aromatic carbocycles. The fourth-order valence-electron chi connectivity index (χ4n) is 5.29. The van der Waals surface area contributed by atoms with Crippen LogP contribution in [0.2, 0.25) is 0 Å². The summed E-state index contributed by atoms with van der Waals surface area (Å²) in [6.45, 7) is 3.75. The van der Waals surface area contributed by atoms with E-state index in [1.165, 1.54) is 51.6 Å². The number of nitrogens with zero attached hydrogens (tertiary/aromatic N) is 1. The van der Waals surface area contributed by atoms with Gasteiger partial charge in [0, 0.05) is 17.3 Å². The second kappa shape index (κ2) is 4.31. The van der Waals surface area contributed by atoms with Crippen molar-refractivity contribution in [2.75, 3.05) is 19.6 Å². The molecule has 1 saturated carbocycles. The molecular weight excluding hydrogens is 266 g/mol. The first-order valence-electron chi connectivity index (χ1n) is 8.35. The molecule has 2 nitrogen and oxygen atoms in total. The van der Waals surface area contributed by atoms with Crippen LogP contribution in [-0.4, -0.2) is 30.6 Å². The lowest BCUT2D eigenvalue weighted by atomic mass is 9.67. The number of rotatable bonds is 0. The van der Waals surface area contributed by atoms with Gasteiger partial charge in [-0.15, -0.1) is 11.3 Å². The minimum atomic E-state index is 0.0599. The Balaban J connectivity index is 1.63. The average molecular weight is 289 g/mol. The summed E-state index contributed by atoms with van der Waals surface area (Å²) < 4.78 is 6.90. The molecule has 0 amide bonds. The van der Waals surface area contributed by atoms with E-state index in [0.29, 0.717) is 12.0 Å². The van der Waals surface area contributed by atoms with Gasteiger partial charge in [0.1, 0.15) is 5.60 Å². The second-order valence-corrected chi connectivity index (χ2v) is 8.13. The minimum absolute atomic E-state index is 0.0599. The van der Waals surface area contributed by atoms with E-state index in [9.17, 15) is 0 Å². The van der Waals surface area contributed by atoms with Gasteiger partial charge in [0.05, 0.1) is 6.10 Å². The monoisotopic (exact) mass is 289 g/mol. The van der Waals surface area contributed by atoms with Gasteiger partial charge in [-0.25, -0.2) is 0 Å². The summed E-state index contributed by atoms with van der Waals surface area (Å²) in [7, 11) is 0. The van der Waals surface area contributed by atoms with Crippen LogP contribution in [0.15, 0.2) is 11.4 Å². The molecule has 3 heteroatoms. The molecule has 0 radical (unpaired) electrons. The van der Waals surface area contributed by atoms with Crippen LogP contribution in [0.4, 0.5) is 0 Å². The minimum Gasteiger partial charge on any atom is -0.365 e. The highest BCUT2D eigenvalue weighted by Crippen LogP contribution is 2.55. The van der Waals surface area contributed by atoms with Crippen molar-refractivity contribution >= 4 is 11.3 Å². The van der Waals surface area contributed by atoms with Crippen LogP contribution in [-0.2, 0) is 10.3 Å². The van der Waals surface area contributed by atoms with Gasteiger partial charge in [-0.1, -0.05) is 12.8 Å². The standard InChI is InChI=1S/C17H23NOS/c1-2-4-15-13(3-1)16-14(7-10-20-16)17(19-15)11-18-8-5-12(17)6-9-18/h7,10,12-13,15H,1-6,8-9,11H2/t13-,15+,17-/m0/s1. The topological polar surface area (TPSA) is 12.5 Å². The van der Waals surface area contributed by atoms with Crippen molar-refractivity contribution in [1.82, 2.24) is 4.90 Å². The first kappa shape index (κ1) is 12.2. The first-order chi connectivity index (χ1) is 9.87. The number of hydrogen-bond donors (Lipinski definition) is 0. The Morgan fingerprint density at radius 1 is 1.15 bits per heavy atom. The number of ether oxygens (including phenoxy) is 1. The third-order valence-corrected chi connectivity index (χ3v) is 7.31. The van der Waals surface area contributed by atoms with Gasteiger partial charge in [0.15, 0.2) is 0 Å². The Bertz CT molecular complexity index is 519. The molecular formula is C17H23NOS. The highest BCUT2D eigenvalue weighted by atomic mass is 32.1. The lowest BCUT2D eigenvalue weighted by Gasteiger charge is -2.57. The SMILES string of the molecule is c1cc2c(s1)[C@H]1CCCC[C@H]1O[C@]21CN2CCC1CC2. The predicted molar refractivity (Wildman–Crippen MR) is 81.2 cm³/mol. The van der Waals surface area contributed by atoms with E-state index < -0.39 is 0 Å². The van der Waals surface area contributed by atoms with Crippen LogP contribution in [0.1, 0.15) is 54.9 Å². The lowest BCUT2D eigenvalue weighted by molar-refractivity contribution is -0.206. The highest BCUT2D eigenvalue weighted by molar-refractivity contribution is 7.10. The molecule has 2 bridgehead atoms. The largest absolute Gasteiger partial charge is 0.365 e. The molecule has 5 heterocycles. The highest BCUT2D eigenvalue weighted by Gasteiger charge is 2.55. The number of fused-ring (bicyclic) bond motifs is 5. The molecule has 6 rings (SSSR count). The third kappa shape index (κ3) is 1.52. The molecule has 108 valence electrons. The molecule has 0 N–H and O–H groups in total. The molecule has 1 spiro atoms. The van der Waals surface area contributed by atoms with E-state index in [1.54, 1.807) is 10.4 Å². The van der Waals surface area contributed by atoms with Crippen LogP contribution in [0.25, 0.3) is 0 Å². The summed E-state index contributed by atoms with van der Waals surface area (Å²) >= 11 is 2.01. The lowest BCUT2D eigenvalue weighted by Crippen LogP contribution is -2.61. The zero-order valence-corrected chi connectivity index (χ0v) is 12.8. The first-order valence-corrected chi connectivity index (χ1v) is 9.23. The van der Waals surface area contributed by atoms with Crippen LogP contribution >= 0.6 is 11.3 Å². The van der Waals surface area contributed by atoms with Gasteiger partial charge in [0.2, 0.25) is 0 Å². The van der Waals surface area contributed by atoms with Crippen molar-refractivity contribution in [2.24, 2.45) is 5.92 Å². The number of thiophene rings is 1. The van der Waals surface area contributed by atoms with E-state index >= 15 is 0 Å². The third-order valence-electron chi connectivity index (χ3n) is 6.26. The fraction of sp³-hybridized carbons (Fsp3) is 0.765. The van der Waals surface area contributed by atoms with Crippen LogP contribution < -0.4 is 0 Å². The average Bonchev–Trinajstić information content (AvgIpc) is 2.99. The van der Waals surface area contributed by atoms with Crippen molar-refractivity contribution in [3.8, 4) is 0 Å². The van der Waals surface area contributed by atoms with Gasteiger partial charge < -0.3 is 9.64 Å². The molecule has 1 aromatic heterocycles. The van der Waals surface area contributed by atoms with Gasteiger partial charge in [-0.2, -0.15) is 0 Å². The number of hydrogen-bond acceptors (Lipinski definition) is 3. The Labute approximate surface area is 125 Å². The van der Waals surface area contributed by atoms with Gasteiger partial charge >= 0.3 is 0 Å². The quantitative estimate of drug-likeness (QED) is 0.721. The summed E-state index contributed by atoms with van der Waals surface area (Å²) in [4.78, 5) is 4.33. The second-order valence-electron chi connectivity index (χ2n) is 7.19. The van der Waals surface area contributed by atoms with Gasteiger partial charge in [-0.3, -0.25) is 0 Å². The molecule has 4 fully saturated rings.